The number of hydrogen-bond donors (Lipinski definition) is 0. The topological polar surface area (TPSA) is 467 Å². The molecule has 0 aliphatic rings. The maximum absolute atomic E-state index is 12.2. The zero-order valence-corrected chi connectivity index (χ0v) is 71.2. The second-order valence-electron chi connectivity index (χ2n) is 28.5. The fourth-order valence-corrected chi connectivity index (χ4v) is 12.9. The molecule has 636 valence electrons. The lowest BCUT2D eigenvalue weighted by atomic mass is 10.2. The van der Waals surface area contributed by atoms with Crippen LogP contribution in [0.25, 0.3) is 67.0 Å². The van der Waals surface area contributed by atoms with Crippen LogP contribution in [0, 0.1) is 9.28 Å². The number of rotatable bonds is 22. The number of esters is 3. The maximum Gasteiger partial charge on any atom is 0.332 e. The Morgan fingerprint density at radius 2 is 0.542 bits per heavy atom. The highest BCUT2D eigenvalue weighted by Gasteiger charge is 2.23. The fourth-order valence-electron chi connectivity index (χ4n) is 12.3. The third-order valence-electron chi connectivity index (χ3n) is 18.4. The van der Waals surface area contributed by atoms with E-state index in [1.165, 1.54) is 127 Å². The number of carbonyl (C=O) groups excluding carboxylic acids is 6. The van der Waals surface area contributed by atoms with Crippen molar-refractivity contribution in [1.82, 2.24) is 112 Å². The van der Waals surface area contributed by atoms with Crippen LogP contribution in [0.3, 0.4) is 0 Å². The predicted molar refractivity (Wildman–Crippen MR) is 439 cm³/mol. The summed E-state index contributed by atoms with van der Waals surface area (Å²) in [5.74, 6) is -0.746. The van der Waals surface area contributed by atoms with Crippen LogP contribution in [-0.2, 0) is 167 Å². The standard InChI is InChI=1S/2C13H18N4O4.C13H18N4O3S.C12H16N4O3.C12H16N4O2S.C10H12N4O3/c1-13(2,3)21-8(18)6-17-7-14-10-9(17)11(19)16(5)12(20)15(10)4;1-4-21-9(18)6-5-7-17-8-14-11-10(17)12(19)16(3)13(20)15(11)2;1-4-20-9(18)6-5-7-17-8-14-11-10(17)12(21)16(3)13(19)15(11)2;1-8(17)5-4-6-16-7-13-10-9(16)11(18)15(3)12(19)14(10)2;1-8(17)5-4-6-16-7-13-10-9(16)11(19)15(3)12(18)14(10)2;1-6(15)4-14-5-11-8-7(14)9(16)13(3)10(17)12(8)2/h7H,6H2,1-5H3;2*8H,4-7H2,1-3H3;2*7H,4-6H2,1-3H3;5H,4H2,1-3H3. The first-order chi connectivity index (χ1) is 55.3. The lowest BCUT2D eigenvalue weighted by Gasteiger charge is -2.19. The van der Waals surface area contributed by atoms with Crippen molar-refractivity contribution < 1.29 is 43.0 Å². The average molecular weight is 1680 g/mol. The van der Waals surface area contributed by atoms with Gasteiger partial charge in [-0.25, -0.2) is 58.7 Å². The normalized spacial score (nSPS) is 11.2. The minimum absolute atomic E-state index is 0.0734. The summed E-state index contributed by atoms with van der Waals surface area (Å²) in [5, 5.41) is 0. The van der Waals surface area contributed by atoms with Crippen LogP contribution in [0.1, 0.15) is 107 Å². The number of Topliss-reactive ketones (excluding diaryl/α,β-unsaturated/α-hetero) is 3. The first-order valence-corrected chi connectivity index (χ1v) is 37.8. The third kappa shape index (κ3) is 20.7. The number of carbonyl (C=O) groups is 6. The summed E-state index contributed by atoms with van der Waals surface area (Å²) < 4.78 is 41.0. The molecule has 12 aromatic heterocycles. The molecule has 45 heteroatoms. The molecule has 0 amide bonds. The second-order valence-corrected chi connectivity index (χ2v) is 29.3. The van der Waals surface area contributed by atoms with E-state index in [1.807, 2.05) is 9.13 Å². The Balaban J connectivity index is 0.000000196. The van der Waals surface area contributed by atoms with Crippen LogP contribution >= 0.6 is 24.4 Å². The van der Waals surface area contributed by atoms with Crippen molar-refractivity contribution in [1.29, 1.82) is 0 Å². The minimum Gasteiger partial charge on any atom is -0.466 e. The average Bonchev–Trinajstić information content (AvgIpc) is 1.62. The molecule has 0 saturated carbocycles. The Morgan fingerprint density at radius 1 is 0.314 bits per heavy atom. The van der Waals surface area contributed by atoms with Gasteiger partial charge >= 0.3 is 52.0 Å². The Bertz CT molecular complexity index is 6410. The number of ketones is 3. The highest BCUT2D eigenvalue weighted by Crippen LogP contribution is 2.17. The van der Waals surface area contributed by atoms with E-state index >= 15 is 0 Å². The van der Waals surface area contributed by atoms with Crippen LogP contribution in [0.5, 0.6) is 0 Å². The van der Waals surface area contributed by atoms with E-state index in [2.05, 4.69) is 29.9 Å². The molecule has 0 saturated heterocycles. The van der Waals surface area contributed by atoms with Crippen LogP contribution in [0.4, 0.5) is 0 Å². The smallest absolute Gasteiger partial charge is 0.332 e. The molecule has 0 radical (unpaired) electrons. The maximum atomic E-state index is 12.2. The monoisotopic (exact) mass is 1680 g/mol. The molecule has 0 fully saturated rings. The summed E-state index contributed by atoms with van der Waals surface area (Å²) in [6.07, 6.45) is 13.3. The fraction of sp³-hybridized carbons (Fsp3) is 0.507. The highest BCUT2D eigenvalue weighted by molar-refractivity contribution is 7.71. The van der Waals surface area contributed by atoms with Crippen molar-refractivity contribution in [3.63, 3.8) is 0 Å². The van der Waals surface area contributed by atoms with E-state index in [-0.39, 0.29) is 88.0 Å². The van der Waals surface area contributed by atoms with E-state index in [0.717, 1.165) is 35.7 Å². The molecule has 12 aromatic rings. The summed E-state index contributed by atoms with van der Waals surface area (Å²) in [5.41, 5.74) is 0.726. The quantitative estimate of drug-likeness (QED) is 0.0512. The minimum atomic E-state index is -0.606. The molecule has 0 spiro atoms. The molecule has 12 heterocycles. The second kappa shape index (κ2) is 39.2. The van der Waals surface area contributed by atoms with E-state index < -0.39 is 45.4 Å². The number of hydrogen-bond acceptors (Lipinski definition) is 27. The molecule has 12 rings (SSSR count). The number of imidazole rings is 6. The van der Waals surface area contributed by atoms with Gasteiger partial charge in [0.15, 0.2) is 55.9 Å². The van der Waals surface area contributed by atoms with Crippen molar-refractivity contribution in [3.05, 3.63) is 152 Å². The van der Waals surface area contributed by atoms with Crippen LogP contribution < -0.4 is 56.4 Å². The Morgan fingerprint density at radius 3 is 0.797 bits per heavy atom. The number of nitrogens with zero attached hydrogens (tertiary/aromatic N) is 24. The van der Waals surface area contributed by atoms with E-state index in [1.54, 1.807) is 106 Å². The zero-order valence-electron chi connectivity index (χ0n) is 69.6. The van der Waals surface area contributed by atoms with Gasteiger partial charge in [0.2, 0.25) is 0 Å². The molecule has 0 aliphatic carbocycles. The highest BCUT2D eigenvalue weighted by atomic mass is 32.1. The first kappa shape index (κ1) is 92.3. The van der Waals surface area contributed by atoms with Gasteiger partial charge in [-0.15, -0.1) is 0 Å². The molecular weight excluding hydrogens is 1580 g/mol. The number of ether oxygens (including phenoxy) is 3. The molecule has 0 aromatic carbocycles. The lowest BCUT2D eigenvalue weighted by Crippen LogP contribution is -2.38. The summed E-state index contributed by atoms with van der Waals surface area (Å²) in [6.45, 7) is 16.3. The number of aromatic nitrogens is 24. The Kier molecular flexibility index (Phi) is 30.7. The summed E-state index contributed by atoms with van der Waals surface area (Å²) in [4.78, 5) is 211. The van der Waals surface area contributed by atoms with Gasteiger partial charge in [0.05, 0.1) is 57.7 Å². The lowest BCUT2D eigenvalue weighted by molar-refractivity contribution is -0.155. The Labute approximate surface area is 679 Å². The van der Waals surface area contributed by atoms with Crippen LogP contribution in [0.2, 0.25) is 0 Å². The molecule has 0 unspecified atom stereocenters. The number of aryl methyl sites for hydroxylation is 10. The summed E-state index contributed by atoms with van der Waals surface area (Å²) >= 11 is 10.6. The van der Waals surface area contributed by atoms with Gasteiger partial charge in [0.25, 0.3) is 22.2 Å². The van der Waals surface area contributed by atoms with Gasteiger partial charge in [-0.2, -0.15) is 0 Å². The third-order valence-corrected chi connectivity index (χ3v) is 19.4. The van der Waals surface area contributed by atoms with E-state index in [0.29, 0.717) is 126 Å². The SMILES string of the molecule is CC(=O)CCCn1cnc2c1c(=O)n(C)c(=O)n2C.CC(=O)CCCn1cnc2c1c(=S)n(C)c(=O)n2C.CC(=O)Cn1cnc2c1c(=O)n(C)c(=O)n2C.CCOC(=O)CCCn1cnc2c1c(=O)n(C)c(=O)n2C.CCOC(=O)CCCn1cnc2c1c(=S)n(C)c(=O)n2C.Cn1c(=O)c2c(ncn2CC(=O)OC(C)(C)C)n(C)c1=O. The predicted octanol–water partition coefficient (Wildman–Crippen LogP) is 0.696. The van der Waals surface area contributed by atoms with Crippen molar-refractivity contribution in [3.8, 4) is 0 Å². The van der Waals surface area contributed by atoms with Gasteiger partial charge < -0.3 is 51.2 Å². The zero-order chi connectivity index (χ0) is 88.1. The summed E-state index contributed by atoms with van der Waals surface area (Å²) in [6, 6.07) is 0. The largest absolute Gasteiger partial charge is 0.466 e. The van der Waals surface area contributed by atoms with Crippen LogP contribution in [-0.4, -0.2) is 166 Å². The first-order valence-electron chi connectivity index (χ1n) is 37.0. The molecular formula is C73H98N24O19S2. The number of fused-ring (bicyclic) bond motifs is 6. The molecule has 0 bridgehead atoms. The molecule has 43 nitrogen and oxygen atoms in total. The molecule has 0 N–H and O–H groups in total. The molecule has 0 atom stereocenters. The van der Waals surface area contributed by atoms with Crippen molar-refractivity contribution >= 4 is 127 Å². The van der Waals surface area contributed by atoms with Gasteiger partial charge in [0, 0.05) is 136 Å². The van der Waals surface area contributed by atoms with Crippen molar-refractivity contribution in [2.24, 2.45) is 84.6 Å². The van der Waals surface area contributed by atoms with Gasteiger partial charge in [-0.3, -0.25) is 93.2 Å². The van der Waals surface area contributed by atoms with Crippen LogP contribution in [0.15, 0.2) is 85.9 Å². The van der Waals surface area contributed by atoms with Crippen molar-refractivity contribution in [2.75, 3.05) is 13.2 Å². The van der Waals surface area contributed by atoms with Gasteiger partial charge in [0.1, 0.15) is 49.8 Å². The summed E-state index contributed by atoms with van der Waals surface area (Å²) in [7, 11) is 18.5. The van der Waals surface area contributed by atoms with Gasteiger partial charge in [-0.1, -0.05) is 24.4 Å². The van der Waals surface area contributed by atoms with E-state index in [4.69, 9.17) is 38.6 Å². The molecule has 118 heavy (non-hydrogen) atoms. The molecule has 0 aliphatic heterocycles. The van der Waals surface area contributed by atoms with Gasteiger partial charge in [-0.05, 0) is 81.1 Å². The van der Waals surface area contributed by atoms with Crippen molar-refractivity contribution in [2.45, 2.75) is 152 Å². The van der Waals surface area contributed by atoms with E-state index in [9.17, 15) is 76.7 Å². The Hall–Kier alpha value is -12.8.